The average molecular weight is 404 g/mol. The van der Waals surface area contributed by atoms with Gasteiger partial charge in [-0.15, -0.1) is 15.3 Å². The Bertz CT molecular complexity index is 1090. The van der Waals surface area contributed by atoms with Gasteiger partial charge in [-0.05, 0) is 24.3 Å². The molecule has 0 spiro atoms. The summed E-state index contributed by atoms with van der Waals surface area (Å²) in [7, 11) is -0.766. The molecule has 3 aromatic rings. The predicted octanol–water partition coefficient (Wildman–Crippen LogP) is 0.652. The fourth-order valence-electron chi connectivity index (χ4n) is 3.17. The van der Waals surface area contributed by atoms with Crippen LogP contribution >= 0.6 is 0 Å². The fourth-order valence-corrected chi connectivity index (χ4v) is 4.76. The summed E-state index contributed by atoms with van der Waals surface area (Å²) in [5, 5.41) is 12.2. The molecule has 1 aliphatic rings. The molecule has 28 heavy (non-hydrogen) atoms. The average Bonchev–Trinajstić information content (AvgIpc) is 3.21. The minimum atomic E-state index is -3.71. The van der Waals surface area contributed by atoms with E-state index in [1.807, 2.05) is 17.0 Å². The zero-order valence-electron chi connectivity index (χ0n) is 15.5. The number of fused-ring (bicyclic) bond motifs is 1. The van der Waals surface area contributed by atoms with Crippen LogP contribution in [0.25, 0.3) is 5.65 Å². The van der Waals surface area contributed by atoms with Crippen molar-refractivity contribution in [2.24, 2.45) is 0 Å². The third kappa shape index (κ3) is 3.22. The first-order chi connectivity index (χ1) is 13.5. The summed E-state index contributed by atoms with van der Waals surface area (Å²) in [5.41, 5.74) is 0.662. The first kappa shape index (κ1) is 18.4. The van der Waals surface area contributed by atoms with Gasteiger partial charge < -0.3 is 14.4 Å². The zero-order chi connectivity index (χ0) is 19.7. The van der Waals surface area contributed by atoms with Gasteiger partial charge in [-0.25, -0.2) is 8.42 Å². The minimum absolute atomic E-state index is 0.104. The van der Waals surface area contributed by atoms with Gasteiger partial charge in [0.15, 0.2) is 5.65 Å². The molecule has 0 bridgehead atoms. The molecule has 4 rings (SSSR count). The smallest absolute Gasteiger partial charge is 0.247 e. The van der Waals surface area contributed by atoms with E-state index in [1.54, 1.807) is 16.6 Å². The molecular weight excluding hydrogens is 384 g/mol. The normalized spacial score (nSPS) is 15.7. The van der Waals surface area contributed by atoms with Crippen LogP contribution in [-0.4, -0.2) is 72.9 Å². The molecule has 1 fully saturated rings. The van der Waals surface area contributed by atoms with E-state index >= 15 is 0 Å². The summed E-state index contributed by atoms with van der Waals surface area (Å²) in [6.07, 6.45) is 1.54. The first-order valence-corrected chi connectivity index (χ1v) is 10.1. The van der Waals surface area contributed by atoms with E-state index in [0.29, 0.717) is 43.3 Å². The van der Waals surface area contributed by atoms with E-state index in [9.17, 15) is 8.42 Å². The molecule has 0 radical (unpaired) electrons. The van der Waals surface area contributed by atoms with Crippen LogP contribution in [0.15, 0.2) is 41.6 Å². The van der Waals surface area contributed by atoms with E-state index in [4.69, 9.17) is 9.47 Å². The lowest BCUT2D eigenvalue weighted by Gasteiger charge is -2.34. The van der Waals surface area contributed by atoms with Gasteiger partial charge in [0.25, 0.3) is 0 Å². The number of sulfonamides is 1. The molecule has 10 nitrogen and oxygen atoms in total. The van der Waals surface area contributed by atoms with Gasteiger partial charge in [-0.3, -0.25) is 0 Å². The standard InChI is InChI=1S/C17H20N6O4S/c1-26-13-3-4-14(27-2)15(11-13)28(24,25)22-9-7-21(8-10-22)17-6-5-16-19-18-12-23(16)20-17/h3-6,11-12H,7-10H2,1-2H3. The molecule has 148 valence electrons. The number of anilines is 1. The summed E-state index contributed by atoms with van der Waals surface area (Å²) in [5.74, 6) is 1.51. The van der Waals surface area contributed by atoms with Gasteiger partial charge in [-0.2, -0.15) is 8.82 Å². The highest BCUT2D eigenvalue weighted by molar-refractivity contribution is 7.89. The number of hydrogen-bond donors (Lipinski definition) is 0. The van der Waals surface area contributed by atoms with Gasteiger partial charge in [0.05, 0.1) is 14.2 Å². The van der Waals surface area contributed by atoms with Gasteiger partial charge in [0.1, 0.15) is 28.5 Å². The van der Waals surface area contributed by atoms with Crippen molar-refractivity contribution in [2.45, 2.75) is 4.90 Å². The highest BCUT2D eigenvalue weighted by Crippen LogP contribution is 2.31. The molecule has 0 N–H and O–H groups in total. The van der Waals surface area contributed by atoms with Crippen molar-refractivity contribution >= 4 is 21.5 Å². The monoisotopic (exact) mass is 404 g/mol. The van der Waals surface area contributed by atoms with E-state index in [1.165, 1.54) is 30.9 Å². The predicted molar refractivity (Wildman–Crippen MR) is 101 cm³/mol. The fraction of sp³-hybridized carbons (Fsp3) is 0.353. The quantitative estimate of drug-likeness (QED) is 0.611. The third-order valence-corrected chi connectivity index (χ3v) is 6.62. The van der Waals surface area contributed by atoms with Crippen molar-refractivity contribution in [3.63, 3.8) is 0 Å². The maximum absolute atomic E-state index is 13.2. The molecule has 0 atom stereocenters. The lowest BCUT2D eigenvalue weighted by atomic mass is 10.3. The van der Waals surface area contributed by atoms with Crippen LogP contribution in [0.3, 0.4) is 0 Å². The second kappa shape index (κ2) is 7.24. The van der Waals surface area contributed by atoms with Gasteiger partial charge in [0, 0.05) is 32.2 Å². The molecule has 0 aliphatic carbocycles. The highest BCUT2D eigenvalue weighted by atomic mass is 32.2. The molecule has 0 unspecified atom stereocenters. The van der Waals surface area contributed by atoms with Crippen LogP contribution in [-0.2, 0) is 10.0 Å². The van der Waals surface area contributed by atoms with E-state index in [0.717, 1.165) is 5.82 Å². The Morgan fingerprint density at radius 2 is 1.79 bits per heavy atom. The van der Waals surface area contributed by atoms with Crippen molar-refractivity contribution in [1.29, 1.82) is 0 Å². The Balaban J connectivity index is 1.54. The molecule has 1 aromatic carbocycles. The molecule has 0 saturated carbocycles. The number of aromatic nitrogens is 4. The molecule has 3 heterocycles. The Kier molecular flexibility index (Phi) is 4.77. The van der Waals surface area contributed by atoms with Crippen LogP contribution in [0, 0.1) is 0 Å². The van der Waals surface area contributed by atoms with Crippen LogP contribution in [0.4, 0.5) is 5.82 Å². The van der Waals surface area contributed by atoms with Crippen LogP contribution < -0.4 is 14.4 Å². The number of benzene rings is 1. The topological polar surface area (TPSA) is 102 Å². The van der Waals surface area contributed by atoms with E-state index < -0.39 is 10.0 Å². The largest absolute Gasteiger partial charge is 0.497 e. The lowest BCUT2D eigenvalue weighted by molar-refractivity contribution is 0.370. The molecule has 0 amide bonds. The van der Waals surface area contributed by atoms with Crippen LogP contribution in [0.2, 0.25) is 0 Å². The van der Waals surface area contributed by atoms with Crippen molar-refractivity contribution in [3.05, 3.63) is 36.7 Å². The van der Waals surface area contributed by atoms with Crippen molar-refractivity contribution in [2.75, 3.05) is 45.3 Å². The van der Waals surface area contributed by atoms with Gasteiger partial charge in [-0.1, -0.05) is 0 Å². The van der Waals surface area contributed by atoms with Gasteiger partial charge >= 0.3 is 0 Å². The number of rotatable bonds is 5. The highest BCUT2D eigenvalue weighted by Gasteiger charge is 2.31. The first-order valence-electron chi connectivity index (χ1n) is 8.67. The van der Waals surface area contributed by atoms with Crippen molar-refractivity contribution in [3.8, 4) is 11.5 Å². The van der Waals surface area contributed by atoms with Crippen molar-refractivity contribution in [1.82, 2.24) is 24.1 Å². The molecule has 11 heteroatoms. The minimum Gasteiger partial charge on any atom is -0.497 e. The molecule has 1 saturated heterocycles. The summed E-state index contributed by atoms with van der Waals surface area (Å²) in [6, 6.07) is 8.45. The van der Waals surface area contributed by atoms with E-state index in [-0.39, 0.29) is 4.90 Å². The van der Waals surface area contributed by atoms with Gasteiger partial charge in [0.2, 0.25) is 10.0 Å². The lowest BCUT2D eigenvalue weighted by Crippen LogP contribution is -2.49. The molecule has 2 aromatic heterocycles. The SMILES string of the molecule is COc1ccc(OC)c(S(=O)(=O)N2CCN(c3ccc4nncn4n3)CC2)c1. The Hall–Kier alpha value is -2.92. The number of hydrogen-bond acceptors (Lipinski definition) is 8. The third-order valence-electron chi connectivity index (χ3n) is 4.70. The Morgan fingerprint density at radius 1 is 1.00 bits per heavy atom. The summed E-state index contributed by atoms with van der Waals surface area (Å²) in [6.45, 7) is 1.72. The Labute approximate surface area is 162 Å². The van der Waals surface area contributed by atoms with Crippen molar-refractivity contribution < 1.29 is 17.9 Å². The Morgan fingerprint density at radius 3 is 2.50 bits per heavy atom. The van der Waals surface area contributed by atoms with Crippen LogP contribution in [0.1, 0.15) is 0 Å². The maximum atomic E-state index is 13.2. The zero-order valence-corrected chi connectivity index (χ0v) is 16.3. The number of ether oxygens (including phenoxy) is 2. The second-order valence-electron chi connectivity index (χ2n) is 6.23. The van der Waals surface area contributed by atoms with E-state index in [2.05, 4.69) is 15.3 Å². The maximum Gasteiger partial charge on any atom is 0.247 e. The molecule has 1 aliphatic heterocycles. The number of piperazine rings is 1. The number of methoxy groups -OCH3 is 2. The summed E-state index contributed by atoms with van der Waals surface area (Å²) < 4.78 is 39.8. The summed E-state index contributed by atoms with van der Waals surface area (Å²) in [4.78, 5) is 2.14. The second-order valence-corrected chi connectivity index (χ2v) is 8.14. The van der Waals surface area contributed by atoms with Crippen LogP contribution in [0.5, 0.6) is 11.5 Å². The summed E-state index contributed by atoms with van der Waals surface area (Å²) >= 11 is 0. The molecular formula is C17H20N6O4S. The number of nitrogens with zero attached hydrogens (tertiary/aromatic N) is 6.